The molecule has 2 aromatic carbocycles. The third-order valence-electron chi connectivity index (χ3n) is 4.42. The van der Waals surface area contributed by atoms with Crippen LogP contribution in [0.2, 0.25) is 10.0 Å². The second-order valence-corrected chi connectivity index (χ2v) is 7.38. The Kier molecular flexibility index (Phi) is 6.24. The van der Waals surface area contributed by atoms with Gasteiger partial charge in [-0.15, -0.1) is 0 Å². The number of nitrogens with one attached hydrogen (secondary N) is 2. The van der Waals surface area contributed by atoms with Crippen LogP contribution in [0.4, 0.5) is 18.9 Å². The molecule has 1 heterocycles. The number of carbonyl (C=O) groups excluding carboxylic acids is 2. The number of hydrogen-bond acceptors (Lipinski definition) is 3. The van der Waals surface area contributed by atoms with Crippen LogP contribution in [0.3, 0.4) is 0 Å². The number of fused-ring (bicyclic) bond motifs is 1. The van der Waals surface area contributed by atoms with Gasteiger partial charge in [0.25, 0.3) is 0 Å². The number of alkyl halides is 3. The Morgan fingerprint density at radius 3 is 2.41 bits per heavy atom. The molecule has 0 saturated heterocycles. The first-order valence-corrected chi connectivity index (χ1v) is 9.32. The molecule has 1 aliphatic heterocycles. The monoisotopic (exact) mass is 445 g/mol. The summed E-state index contributed by atoms with van der Waals surface area (Å²) < 4.78 is 38.1. The first-order valence-electron chi connectivity index (χ1n) is 8.56. The van der Waals surface area contributed by atoms with Crippen molar-refractivity contribution in [2.75, 3.05) is 18.4 Å². The van der Waals surface area contributed by atoms with Crippen molar-refractivity contribution in [3.8, 4) is 0 Å². The zero-order valence-electron chi connectivity index (χ0n) is 14.9. The van der Waals surface area contributed by atoms with E-state index in [1.807, 2.05) is 5.32 Å². The van der Waals surface area contributed by atoms with Gasteiger partial charge in [0.05, 0.1) is 12.6 Å². The molecular formula is C19H16Cl2F3N3O2. The predicted octanol–water partition coefficient (Wildman–Crippen LogP) is 4.17. The molecule has 10 heteroatoms. The zero-order valence-corrected chi connectivity index (χ0v) is 16.4. The van der Waals surface area contributed by atoms with Gasteiger partial charge in [-0.1, -0.05) is 47.5 Å². The molecule has 3 rings (SSSR count). The van der Waals surface area contributed by atoms with Crippen molar-refractivity contribution in [2.45, 2.75) is 18.8 Å². The van der Waals surface area contributed by atoms with Crippen molar-refractivity contribution in [2.24, 2.45) is 0 Å². The molecule has 0 aromatic heterocycles. The van der Waals surface area contributed by atoms with Gasteiger partial charge in [0, 0.05) is 28.8 Å². The Morgan fingerprint density at radius 2 is 1.76 bits per heavy atom. The third kappa shape index (κ3) is 5.33. The van der Waals surface area contributed by atoms with Crippen LogP contribution in [-0.4, -0.2) is 36.0 Å². The Labute approximate surface area is 174 Å². The van der Waals surface area contributed by atoms with E-state index >= 15 is 0 Å². The van der Waals surface area contributed by atoms with E-state index in [-0.39, 0.29) is 25.5 Å². The number of nitrogens with zero attached hydrogens (tertiary/aromatic N) is 1. The van der Waals surface area contributed by atoms with Gasteiger partial charge in [-0.25, -0.2) is 0 Å². The maximum absolute atomic E-state index is 12.7. The molecule has 0 aliphatic carbocycles. The van der Waals surface area contributed by atoms with Crippen LogP contribution in [0, 0.1) is 0 Å². The number of benzene rings is 2. The van der Waals surface area contributed by atoms with Crippen molar-refractivity contribution < 1.29 is 22.8 Å². The lowest BCUT2D eigenvalue weighted by Gasteiger charge is -2.35. The van der Waals surface area contributed by atoms with Crippen LogP contribution in [-0.2, 0) is 16.1 Å². The standard InChI is InChI=1S/C19H16Cl2F3N3O2/c20-12-5-13(21)7-14(6-12)25-8-17(28)27-9-11-3-1-2-4-15(11)16(10-27)26-18(29)19(22,23)24/h1-7,16,25H,8-10H2,(H,26,29). The van der Waals surface area contributed by atoms with Crippen molar-refractivity contribution >= 4 is 40.7 Å². The minimum Gasteiger partial charge on any atom is -0.376 e. The molecule has 154 valence electrons. The minimum absolute atomic E-state index is 0.0738. The number of hydrogen-bond donors (Lipinski definition) is 2. The lowest BCUT2D eigenvalue weighted by atomic mass is 9.95. The SMILES string of the molecule is O=C(CNc1cc(Cl)cc(Cl)c1)N1Cc2ccccc2C(NC(=O)C(F)(F)F)C1. The number of carbonyl (C=O) groups is 2. The normalized spacial score (nSPS) is 16.2. The summed E-state index contributed by atoms with van der Waals surface area (Å²) in [7, 11) is 0. The fourth-order valence-corrected chi connectivity index (χ4v) is 3.63. The molecule has 0 bridgehead atoms. The van der Waals surface area contributed by atoms with Crippen LogP contribution in [0.1, 0.15) is 17.2 Å². The maximum Gasteiger partial charge on any atom is 0.471 e. The molecule has 2 amide bonds. The zero-order chi connectivity index (χ0) is 21.2. The molecule has 0 saturated carbocycles. The average Bonchev–Trinajstić information content (AvgIpc) is 2.64. The molecule has 29 heavy (non-hydrogen) atoms. The first kappa shape index (κ1) is 21.3. The van der Waals surface area contributed by atoms with Gasteiger partial charge in [0.1, 0.15) is 0 Å². The Balaban J connectivity index is 1.72. The van der Waals surface area contributed by atoms with Crippen LogP contribution in [0.5, 0.6) is 0 Å². The second-order valence-electron chi connectivity index (χ2n) is 6.51. The van der Waals surface area contributed by atoms with Gasteiger partial charge in [-0.05, 0) is 29.3 Å². The molecule has 0 fully saturated rings. The molecule has 0 radical (unpaired) electrons. The largest absolute Gasteiger partial charge is 0.471 e. The summed E-state index contributed by atoms with van der Waals surface area (Å²) in [5, 5.41) is 5.67. The Hall–Kier alpha value is -2.45. The quantitative estimate of drug-likeness (QED) is 0.742. The van der Waals surface area contributed by atoms with Gasteiger partial charge in [-0.2, -0.15) is 13.2 Å². The van der Waals surface area contributed by atoms with E-state index in [0.29, 0.717) is 26.9 Å². The number of halogens is 5. The maximum atomic E-state index is 12.7. The lowest BCUT2D eigenvalue weighted by Crippen LogP contribution is -2.48. The average molecular weight is 446 g/mol. The molecule has 0 spiro atoms. The van der Waals surface area contributed by atoms with Gasteiger partial charge >= 0.3 is 12.1 Å². The highest BCUT2D eigenvalue weighted by Crippen LogP contribution is 2.28. The lowest BCUT2D eigenvalue weighted by molar-refractivity contribution is -0.174. The summed E-state index contributed by atoms with van der Waals surface area (Å²) in [5.74, 6) is -2.39. The highest BCUT2D eigenvalue weighted by molar-refractivity contribution is 6.35. The van der Waals surface area contributed by atoms with Crippen LogP contribution >= 0.6 is 23.2 Å². The Bertz CT molecular complexity index is 917. The van der Waals surface area contributed by atoms with E-state index in [2.05, 4.69) is 5.32 Å². The van der Waals surface area contributed by atoms with Crippen molar-refractivity contribution in [3.63, 3.8) is 0 Å². The number of anilines is 1. The summed E-state index contributed by atoms with van der Waals surface area (Å²) in [6, 6.07) is 10.5. The molecular weight excluding hydrogens is 430 g/mol. The van der Waals surface area contributed by atoms with E-state index in [1.165, 1.54) is 4.90 Å². The number of rotatable bonds is 4. The van der Waals surface area contributed by atoms with E-state index in [9.17, 15) is 22.8 Å². The van der Waals surface area contributed by atoms with Crippen LogP contribution in [0.15, 0.2) is 42.5 Å². The summed E-state index contributed by atoms with van der Waals surface area (Å²) in [4.78, 5) is 25.5. The topological polar surface area (TPSA) is 61.4 Å². The molecule has 1 aliphatic rings. The smallest absolute Gasteiger partial charge is 0.376 e. The summed E-state index contributed by atoms with van der Waals surface area (Å²) in [6.07, 6.45) is -5.01. The van der Waals surface area contributed by atoms with Gasteiger partial charge in [0.2, 0.25) is 5.91 Å². The summed E-state index contributed by atoms with van der Waals surface area (Å²) in [5.41, 5.74) is 1.77. The van der Waals surface area contributed by atoms with E-state index < -0.39 is 18.1 Å². The molecule has 2 aromatic rings. The predicted molar refractivity (Wildman–Crippen MR) is 104 cm³/mol. The molecule has 2 N–H and O–H groups in total. The second kappa shape index (κ2) is 8.51. The van der Waals surface area contributed by atoms with Crippen LogP contribution < -0.4 is 10.6 Å². The highest BCUT2D eigenvalue weighted by Gasteiger charge is 2.41. The fourth-order valence-electron chi connectivity index (χ4n) is 3.11. The third-order valence-corrected chi connectivity index (χ3v) is 4.85. The summed E-state index contributed by atoms with van der Waals surface area (Å²) >= 11 is 11.8. The molecule has 1 atom stereocenters. The minimum atomic E-state index is -5.01. The van der Waals surface area contributed by atoms with Crippen LogP contribution in [0.25, 0.3) is 0 Å². The number of amides is 2. The van der Waals surface area contributed by atoms with E-state index in [4.69, 9.17) is 23.2 Å². The molecule has 5 nitrogen and oxygen atoms in total. The highest BCUT2D eigenvalue weighted by atomic mass is 35.5. The fraction of sp³-hybridized carbons (Fsp3) is 0.263. The van der Waals surface area contributed by atoms with Crippen molar-refractivity contribution in [1.29, 1.82) is 0 Å². The first-order chi connectivity index (χ1) is 13.6. The van der Waals surface area contributed by atoms with Crippen molar-refractivity contribution in [1.82, 2.24) is 10.2 Å². The van der Waals surface area contributed by atoms with Gasteiger partial charge < -0.3 is 15.5 Å². The van der Waals surface area contributed by atoms with Gasteiger partial charge in [-0.3, -0.25) is 9.59 Å². The summed E-state index contributed by atoms with van der Waals surface area (Å²) in [6.45, 7) is 0.0415. The van der Waals surface area contributed by atoms with Gasteiger partial charge in [0.15, 0.2) is 0 Å². The van der Waals surface area contributed by atoms with E-state index in [1.54, 1.807) is 42.5 Å². The van der Waals surface area contributed by atoms with Crippen molar-refractivity contribution in [3.05, 3.63) is 63.6 Å². The molecule has 1 unspecified atom stereocenters. The Morgan fingerprint density at radius 1 is 1.10 bits per heavy atom. The van der Waals surface area contributed by atoms with E-state index in [0.717, 1.165) is 0 Å².